The normalized spacial score (nSPS) is 4.86. The molecule has 0 amide bonds. The fourth-order valence-electron chi connectivity index (χ4n) is 0.128. The van der Waals surface area contributed by atoms with E-state index in [1.165, 1.54) is 0 Å². The summed E-state index contributed by atoms with van der Waals surface area (Å²) in [5, 5.41) is 0. The maximum absolute atomic E-state index is 2.96. The van der Waals surface area contributed by atoms with Crippen molar-refractivity contribution in [3.05, 3.63) is 0 Å². The van der Waals surface area contributed by atoms with Crippen LogP contribution in [0.1, 0.15) is 13.8 Å². The van der Waals surface area contributed by atoms with Gasteiger partial charge in [-0.15, -0.1) is 0 Å². The topological polar surface area (TPSA) is 0 Å². The van der Waals surface area contributed by atoms with Crippen molar-refractivity contribution in [1.82, 2.24) is 0 Å². The van der Waals surface area contributed by atoms with Gasteiger partial charge in [0.25, 0.3) is 0 Å². The van der Waals surface area contributed by atoms with Crippen molar-refractivity contribution in [2.45, 2.75) is 13.8 Å². The van der Waals surface area contributed by atoms with E-state index in [4.69, 9.17) is 0 Å². The molecule has 1 heteroatoms. The summed E-state index contributed by atoms with van der Waals surface area (Å²) >= 11 is -0.245. The summed E-state index contributed by atoms with van der Waals surface area (Å²) in [5.41, 5.74) is 0. The van der Waals surface area contributed by atoms with Gasteiger partial charge in [0, 0.05) is 0 Å². The summed E-state index contributed by atoms with van der Waals surface area (Å²) < 4.78 is 5.91. The summed E-state index contributed by atoms with van der Waals surface area (Å²) in [5.74, 6) is 5.62. The summed E-state index contributed by atoms with van der Waals surface area (Å²) in [4.78, 5) is 0. The van der Waals surface area contributed by atoms with Crippen LogP contribution >= 0.6 is 0 Å². The van der Waals surface area contributed by atoms with E-state index in [0.717, 1.165) is 0 Å². The monoisotopic (exact) mass is 208 g/mol. The Kier molecular flexibility index (Phi) is 5.83. The van der Waals surface area contributed by atoms with Crippen molar-refractivity contribution in [2.24, 2.45) is 0 Å². The zero-order valence-electron chi connectivity index (χ0n) is 4.41. The molecule has 0 radical (unpaired) electrons. The molecule has 0 rings (SSSR count). The molecule has 0 saturated heterocycles. The molecule has 0 saturated carbocycles. The third kappa shape index (κ3) is 5.91. The Morgan fingerprint density at radius 1 is 1.00 bits per heavy atom. The van der Waals surface area contributed by atoms with Gasteiger partial charge in [0.2, 0.25) is 0 Å². The Bertz CT molecular complexity index is 119. The van der Waals surface area contributed by atoms with Gasteiger partial charge in [-0.1, -0.05) is 0 Å². The van der Waals surface area contributed by atoms with Crippen LogP contribution in [0, 0.1) is 19.8 Å². The Morgan fingerprint density at radius 2 is 1.43 bits per heavy atom. The molecule has 0 aliphatic heterocycles. The fourth-order valence-corrected chi connectivity index (χ4v) is 0.856. The molecule has 0 bridgehead atoms. The van der Waals surface area contributed by atoms with E-state index in [2.05, 4.69) is 19.8 Å². The standard InChI is InChI=1S/C6H6Te/c1-3-5-7-6-4-2/h1-2H3. The van der Waals surface area contributed by atoms with Crippen LogP contribution in [0.25, 0.3) is 0 Å². The second kappa shape index (κ2) is 5.91. The van der Waals surface area contributed by atoms with Crippen LogP contribution in [-0.2, 0) is 0 Å². The molecule has 0 aliphatic rings. The number of rotatable bonds is 0. The Hall–Kier alpha value is -0.0904. The van der Waals surface area contributed by atoms with Crippen molar-refractivity contribution in [3.63, 3.8) is 0 Å². The molecule has 0 fully saturated rings. The first-order chi connectivity index (χ1) is 3.41. The minimum absolute atomic E-state index is 0.245. The summed E-state index contributed by atoms with van der Waals surface area (Å²) in [6, 6.07) is 0. The van der Waals surface area contributed by atoms with Crippen LogP contribution in [0.15, 0.2) is 0 Å². The van der Waals surface area contributed by atoms with Gasteiger partial charge in [-0.2, -0.15) is 0 Å². The van der Waals surface area contributed by atoms with Crippen LogP contribution in [-0.4, -0.2) is 20.9 Å². The first kappa shape index (κ1) is 6.91. The fraction of sp³-hybridized carbons (Fsp3) is 0.333. The molecule has 0 aromatic heterocycles. The van der Waals surface area contributed by atoms with Gasteiger partial charge in [0.1, 0.15) is 0 Å². The molecule has 0 N–H and O–H groups in total. The van der Waals surface area contributed by atoms with Gasteiger partial charge in [0.05, 0.1) is 0 Å². The summed E-state index contributed by atoms with van der Waals surface area (Å²) in [6.45, 7) is 3.70. The number of hydrogen-bond donors (Lipinski definition) is 0. The number of hydrogen-bond acceptors (Lipinski definition) is 0. The van der Waals surface area contributed by atoms with Crippen molar-refractivity contribution in [2.75, 3.05) is 0 Å². The summed E-state index contributed by atoms with van der Waals surface area (Å²) in [6.07, 6.45) is 0. The van der Waals surface area contributed by atoms with E-state index >= 15 is 0 Å². The predicted octanol–water partition coefficient (Wildman–Crippen LogP) is 0.652. The Morgan fingerprint density at radius 3 is 1.71 bits per heavy atom. The van der Waals surface area contributed by atoms with E-state index in [-0.39, 0.29) is 20.9 Å². The SMILES string of the molecule is CC#C[Te]C#CC. The Labute approximate surface area is 54.8 Å². The average molecular weight is 206 g/mol. The zero-order valence-corrected chi connectivity index (χ0v) is 6.74. The first-order valence-electron chi connectivity index (χ1n) is 1.91. The molecule has 0 nitrogen and oxygen atoms in total. The molecule has 0 unspecified atom stereocenters. The van der Waals surface area contributed by atoms with Crippen LogP contribution in [0.2, 0.25) is 0 Å². The van der Waals surface area contributed by atoms with Crippen LogP contribution in [0.4, 0.5) is 0 Å². The van der Waals surface area contributed by atoms with Crippen LogP contribution in [0.5, 0.6) is 0 Å². The van der Waals surface area contributed by atoms with Crippen LogP contribution in [0.3, 0.4) is 0 Å². The second-order valence-corrected chi connectivity index (χ2v) is 2.55. The molecule has 36 valence electrons. The summed E-state index contributed by atoms with van der Waals surface area (Å²) in [7, 11) is 0. The maximum atomic E-state index is 2.96. The van der Waals surface area contributed by atoms with Gasteiger partial charge in [-0.3, -0.25) is 0 Å². The average Bonchev–Trinajstić information content (AvgIpc) is 1.69. The second-order valence-electron chi connectivity index (χ2n) is 0.806. The molecule has 0 spiro atoms. The molecule has 0 heterocycles. The third-order valence-electron chi connectivity index (χ3n) is 0.306. The van der Waals surface area contributed by atoms with Gasteiger partial charge < -0.3 is 0 Å². The molecule has 0 aromatic rings. The van der Waals surface area contributed by atoms with Gasteiger partial charge in [-0.05, 0) is 0 Å². The molecule has 0 aromatic carbocycles. The molecule has 7 heavy (non-hydrogen) atoms. The minimum atomic E-state index is -0.245. The third-order valence-corrected chi connectivity index (χ3v) is 2.05. The molecular formula is C6H6Te. The van der Waals surface area contributed by atoms with Gasteiger partial charge in [0.15, 0.2) is 0 Å². The van der Waals surface area contributed by atoms with Gasteiger partial charge in [-0.25, -0.2) is 0 Å². The zero-order chi connectivity index (χ0) is 5.54. The molecular weight excluding hydrogens is 200 g/mol. The van der Waals surface area contributed by atoms with Gasteiger partial charge >= 0.3 is 54.5 Å². The Balaban J connectivity index is 3.21. The van der Waals surface area contributed by atoms with E-state index in [1.54, 1.807) is 0 Å². The first-order valence-corrected chi connectivity index (χ1v) is 4.24. The van der Waals surface area contributed by atoms with Crippen molar-refractivity contribution in [1.29, 1.82) is 0 Å². The quantitative estimate of drug-likeness (QED) is 0.403. The predicted molar refractivity (Wildman–Crippen MR) is 32.7 cm³/mol. The van der Waals surface area contributed by atoms with Crippen molar-refractivity contribution >= 4 is 20.9 Å². The van der Waals surface area contributed by atoms with E-state index < -0.39 is 0 Å². The molecule has 0 atom stereocenters. The van der Waals surface area contributed by atoms with Crippen LogP contribution < -0.4 is 0 Å². The molecule has 0 aliphatic carbocycles. The van der Waals surface area contributed by atoms with Crippen molar-refractivity contribution in [3.8, 4) is 19.8 Å². The van der Waals surface area contributed by atoms with E-state index in [0.29, 0.717) is 0 Å². The van der Waals surface area contributed by atoms with E-state index in [1.807, 2.05) is 13.8 Å². The van der Waals surface area contributed by atoms with E-state index in [9.17, 15) is 0 Å². The van der Waals surface area contributed by atoms with Crippen molar-refractivity contribution < 1.29 is 0 Å².